The highest BCUT2D eigenvalue weighted by Crippen LogP contribution is 2.12. The van der Waals surface area contributed by atoms with Gasteiger partial charge in [0.2, 0.25) is 0 Å². The Labute approximate surface area is 81.9 Å². The molecule has 14 heavy (non-hydrogen) atoms. The number of allylic oxidation sites excluding steroid dienone is 1. The van der Waals surface area contributed by atoms with Crippen LogP contribution in [-0.4, -0.2) is 9.55 Å². The number of H-pyrrole nitrogens is 1. The quantitative estimate of drug-likeness (QED) is 0.707. The Balaban J connectivity index is 3.52. The van der Waals surface area contributed by atoms with Crippen molar-refractivity contribution >= 4 is 0 Å². The van der Waals surface area contributed by atoms with Gasteiger partial charge in [0, 0.05) is 11.8 Å². The van der Waals surface area contributed by atoms with Gasteiger partial charge >= 0.3 is 5.69 Å². The normalized spacial score (nSPS) is 11.4. The van der Waals surface area contributed by atoms with Gasteiger partial charge in [0.05, 0.1) is 5.54 Å². The van der Waals surface area contributed by atoms with Gasteiger partial charge in [-0.15, -0.1) is 6.58 Å². The summed E-state index contributed by atoms with van der Waals surface area (Å²) in [6.45, 7) is 9.00. The largest absolute Gasteiger partial charge is 0.329 e. The molecule has 0 bridgehead atoms. The number of nitrogens with zero attached hydrogens (tertiary/aromatic N) is 1. The van der Waals surface area contributed by atoms with E-state index in [1.54, 1.807) is 19.2 Å². The minimum atomic E-state index is -0.494. The number of rotatable bonds is 2. The second-order valence-corrected chi connectivity index (χ2v) is 3.80. The molecule has 1 aromatic heterocycles. The van der Waals surface area contributed by atoms with E-state index in [0.29, 0.717) is 5.56 Å². The third kappa shape index (κ3) is 1.69. The molecule has 1 aromatic rings. The molecule has 0 aromatic carbocycles. The number of nitrogens with one attached hydrogen (secondary N) is 1. The van der Waals surface area contributed by atoms with E-state index in [1.165, 1.54) is 4.57 Å². The van der Waals surface area contributed by atoms with Crippen molar-refractivity contribution in [1.82, 2.24) is 9.55 Å². The second-order valence-electron chi connectivity index (χ2n) is 3.80. The summed E-state index contributed by atoms with van der Waals surface area (Å²) in [4.78, 5) is 24.8. The van der Waals surface area contributed by atoms with E-state index in [4.69, 9.17) is 0 Å². The van der Waals surface area contributed by atoms with Crippen molar-refractivity contribution in [3.05, 3.63) is 45.3 Å². The number of hydrogen-bond donors (Lipinski definition) is 1. The van der Waals surface area contributed by atoms with E-state index in [0.717, 1.165) is 0 Å². The van der Waals surface area contributed by atoms with Gasteiger partial charge in [-0.3, -0.25) is 14.3 Å². The van der Waals surface area contributed by atoms with E-state index in [2.05, 4.69) is 11.6 Å². The van der Waals surface area contributed by atoms with Crippen LogP contribution >= 0.6 is 0 Å². The summed E-state index contributed by atoms with van der Waals surface area (Å²) in [7, 11) is 0. The summed E-state index contributed by atoms with van der Waals surface area (Å²) < 4.78 is 1.46. The maximum Gasteiger partial charge on any atom is 0.329 e. The van der Waals surface area contributed by atoms with Crippen LogP contribution in [0, 0.1) is 6.92 Å². The molecule has 4 heteroatoms. The van der Waals surface area contributed by atoms with E-state index >= 15 is 0 Å². The van der Waals surface area contributed by atoms with Gasteiger partial charge in [0.1, 0.15) is 0 Å². The van der Waals surface area contributed by atoms with Crippen molar-refractivity contribution in [2.24, 2.45) is 0 Å². The maximum absolute atomic E-state index is 11.5. The lowest BCUT2D eigenvalue weighted by molar-refractivity contribution is 0.429. The molecule has 0 atom stereocenters. The van der Waals surface area contributed by atoms with Gasteiger partial charge in [-0.1, -0.05) is 6.08 Å². The predicted octanol–water partition coefficient (Wildman–Crippen LogP) is 0.766. The van der Waals surface area contributed by atoms with Crippen molar-refractivity contribution in [3.8, 4) is 0 Å². The minimum Gasteiger partial charge on any atom is -0.291 e. The van der Waals surface area contributed by atoms with Crippen molar-refractivity contribution < 1.29 is 0 Å². The van der Waals surface area contributed by atoms with Crippen molar-refractivity contribution in [2.45, 2.75) is 26.3 Å². The molecule has 0 unspecified atom stereocenters. The Morgan fingerprint density at radius 3 is 2.57 bits per heavy atom. The first-order valence-electron chi connectivity index (χ1n) is 4.35. The summed E-state index contributed by atoms with van der Waals surface area (Å²) in [6.07, 6.45) is 3.20. The van der Waals surface area contributed by atoms with Crippen LogP contribution < -0.4 is 11.2 Å². The molecule has 1 rings (SSSR count). The molecule has 0 aliphatic heterocycles. The summed E-state index contributed by atoms with van der Waals surface area (Å²) in [5.74, 6) is 0. The Morgan fingerprint density at radius 1 is 1.50 bits per heavy atom. The number of aromatic nitrogens is 2. The first-order chi connectivity index (χ1) is 6.38. The van der Waals surface area contributed by atoms with Crippen LogP contribution in [0.2, 0.25) is 0 Å². The highest BCUT2D eigenvalue weighted by atomic mass is 16.2. The molecular weight excluding hydrogens is 180 g/mol. The second kappa shape index (κ2) is 3.29. The van der Waals surface area contributed by atoms with Crippen molar-refractivity contribution in [2.75, 3.05) is 0 Å². The molecule has 76 valence electrons. The lowest BCUT2D eigenvalue weighted by Crippen LogP contribution is -2.39. The van der Waals surface area contributed by atoms with Gasteiger partial charge in [-0.25, -0.2) is 4.79 Å². The summed E-state index contributed by atoms with van der Waals surface area (Å²) in [5, 5.41) is 0. The van der Waals surface area contributed by atoms with Crippen LogP contribution in [0.5, 0.6) is 0 Å². The molecule has 1 N–H and O–H groups in total. The first kappa shape index (κ1) is 10.5. The average Bonchev–Trinajstić information content (AvgIpc) is 2.11. The predicted molar refractivity (Wildman–Crippen MR) is 55.6 cm³/mol. The average molecular weight is 194 g/mol. The van der Waals surface area contributed by atoms with Gasteiger partial charge in [-0.05, 0) is 20.8 Å². The van der Waals surface area contributed by atoms with Gasteiger partial charge in [0.25, 0.3) is 5.56 Å². The van der Waals surface area contributed by atoms with Crippen molar-refractivity contribution in [3.63, 3.8) is 0 Å². The Hall–Kier alpha value is -1.58. The van der Waals surface area contributed by atoms with E-state index < -0.39 is 11.2 Å². The third-order valence-corrected chi connectivity index (χ3v) is 2.24. The van der Waals surface area contributed by atoms with Gasteiger partial charge in [-0.2, -0.15) is 0 Å². The molecule has 0 saturated heterocycles. The Bertz CT molecular complexity index is 466. The molecule has 0 amide bonds. The molecule has 1 heterocycles. The van der Waals surface area contributed by atoms with Crippen LogP contribution in [0.15, 0.2) is 28.4 Å². The van der Waals surface area contributed by atoms with Crippen LogP contribution in [0.25, 0.3) is 0 Å². The third-order valence-electron chi connectivity index (χ3n) is 2.24. The Morgan fingerprint density at radius 2 is 2.07 bits per heavy atom. The Kier molecular flexibility index (Phi) is 2.47. The molecule has 0 aliphatic carbocycles. The summed E-state index contributed by atoms with van der Waals surface area (Å²) >= 11 is 0. The zero-order valence-electron chi connectivity index (χ0n) is 8.63. The number of aryl methyl sites for hydroxylation is 1. The van der Waals surface area contributed by atoms with Crippen LogP contribution in [0.1, 0.15) is 19.4 Å². The molecule has 0 saturated carbocycles. The topological polar surface area (TPSA) is 54.9 Å². The highest BCUT2D eigenvalue weighted by molar-refractivity contribution is 5.06. The van der Waals surface area contributed by atoms with Crippen LogP contribution in [-0.2, 0) is 5.54 Å². The maximum atomic E-state index is 11.5. The fraction of sp³-hybridized carbons (Fsp3) is 0.400. The van der Waals surface area contributed by atoms with Gasteiger partial charge in [0.15, 0.2) is 0 Å². The van der Waals surface area contributed by atoms with E-state index in [9.17, 15) is 9.59 Å². The molecule has 0 fully saturated rings. The minimum absolute atomic E-state index is 0.342. The van der Waals surface area contributed by atoms with Gasteiger partial charge < -0.3 is 0 Å². The molecule has 0 aliphatic rings. The summed E-state index contributed by atoms with van der Waals surface area (Å²) in [6, 6.07) is 0. The zero-order chi connectivity index (χ0) is 10.9. The zero-order valence-corrected chi connectivity index (χ0v) is 8.63. The van der Waals surface area contributed by atoms with E-state index in [-0.39, 0.29) is 5.56 Å². The molecule has 0 spiro atoms. The van der Waals surface area contributed by atoms with Crippen LogP contribution in [0.4, 0.5) is 0 Å². The SMILES string of the molecule is C=CC(C)(C)n1cc(C)c(=O)[nH]c1=O. The van der Waals surface area contributed by atoms with E-state index in [1.807, 2.05) is 13.8 Å². The number of hydrogen-bond acceptors (Lipinski definition) is 2. The standard InChI is InChI=1S/C10H14N2O2/c1-5-10(3,4)12-6-7(2)8(13)11-9(12)14/h5-6H,1H2,2-4H3,(H,11,13,14). The lowest BCUT2D eigenvalue weighted by atomic mass is 10.1. The first-order valence-corrected chi connectivity index (χ1v) is 4.35. The van der Waals surface area contributed by atoms with Crippen LogP contribution in [0.3, 0.4) is 0 Å². The highest BCUT2D eigenvalue weighted by Gasteiger charge is 2.17. The van der Waals surface area contributed by atoms with Crippen molar-refractivity contribution in [1.29, 1.82) is 0 Å². The monoisotopic (exact) mass is 194 g/mol. The lowest BCUT2D eigenvalue weighted by Gasteiger charge is -2.22. The molecule has 4 nitrogen and oxygen atoms in total. The number of aromatic amines is 1. The summed E-state index contributed by atoms with van der Waals surface area (Å²) in [5.41, 5.74) is -0.734. The molecule has 0 radical (unpaired) electrons. The fourth-order valence-electron chi connectivity index (χ4n) is 1.09. The smallest absolute Gasteiger partial charge is 0.291 e. The fourth-order valence-corrected chi connectivity index (χ4v) is 1.09. The molecular formula is C10H14N2O2.